The van der Waals surface area contributed by atoms with Crippen LogP contribution >= 0.6 is 0 Å². The molecule has 0 bridgehead atoms. The fraction of sp³-hybridized carbons (Fsp3) is 0.750. The third-order valence-corrected chi connectivity index (χ3v) is 2.97. The highest BCUT2D eigenvalue weighted by Crippen LogP contribution is 2.26. The molecule has 5 unspecified atom stereocenters. The van der Waals surface area contributed by atoms with Gasteiger partial charge in [-0.25, -0.2) is 0 Å². The Morgan fingerprint density at radius 1 is 1.12 bits per heavy atom. The summed E-state index contributed by atoms with van der Waals surface area (Å²) in [6.45, 7) is -0.609. The first-order valence-electron chi connectivity index (χ1n) is 4.77. The topological polar surface area (TPSA) is 130 Å². The summed E-state index contributed by atoms with van der Waals surface area (Å²) < 4.78 is 0. The second kappa shape index (κ2) is 3.67. The maximum atomic E-state index is 11.4. The maximum absolute atomic E-state index is 11.4. The summed E-state index contributed by atoms with van der Waals surface area (Å²) in [6, 6.07) is -1.10. The molecular formula is C8H12N2O6. The number of fused-ring (bicyclic) bond motifs is 1. The highest BCUT2D eigenvalue weighted by atomic mass is 16.4. The minimum Gasteiger partial charge on any atom is -0.394 e. The van der Waals surface area contributed by atoms with Gasteiger partial charge in [-0.2, -0.15) is 0 Å². The van der Waals surface area contributed by atoms with Crippen LogP contribution < -0.4 is 5.32 Å². The number of aliphatic hydroxyl groups is 4. The predicted octanol–water partition coefficient (Wildman–Crippen LogP) is -4.27. The smallest absolute Gasteiger partial charge is 0.314 e. The predicted molar refractivity (Wildman–Crippen MR) is 47.7 cm³/mol. The number of hydrogen-bond acceptors (Lipinski definition) is 6. The van der Waals surface area contributed by atoms with E-state index >= 15 is 0 Å². The Hall–Kier alpha value is -1.22. The van der Waals surface area contributed by atoms with Gasteiger partial charge >= 0.3 is 11.8 Å². The Morgan fingerprint density at radius 2 is 1.75 bits per heavy atom. The van der Waals surface area contributed by atoms with E-state index in [0.717, 1.165) is 4.90 Å². The van der Waals surface area contributed by atoms with Crippen molar-refractivity contribution in [3.05, 3.63) is 0 Å². The summed E-state index contributed by atoms with van der Waals surface area (Å²) in [6.07, 6.45) is -5.60. The van der Waals surface area contributed by atoms with E-state index in [1.54, 1.807) is 0 Å². The van der Waals surface area contributed by atoms with E-state index in [4.69, 9.17) is 5.11 Å². The standard InChI is InChI=1S/C8H12N2O6/c11-1-2-3(12)4(13)5(14)6-9-7(15)8(16)10(2)6/h2-6,11-14H,1H2,(H,9,15). The molecule has 2 heterocycles. The van der Waals surface area contributed by atoms with Crippen LogP contribution in [0.1, 0.15) is 0 Å². The van der Waals surface area contributed by atoms with Gasteiger partial charge in [-0.05, 0) is 0 Å². The van der Waals surface area contributed by atoms with Crippen molar-refractivity contribution >= 4 is 11.8 Å². The molecule has 8 nitrogen and oxygen atoms in total. The molecule has 0 saturated carbocycles. The SMILES string of the molecule is O=C1NC2C(O)C(O)C(O)C(CO)N2C1=O. The third kappa shape index (κ3) is 1.31. The van der Waals surface area contributed by atoms with Crippen LogP contribution in [0.2, 0.25) is 0 Å². The average Bonchev–Trinajstić information content (AvgIpc) is 2.55. The molecule has 2 fully saturated rings. The molecule has 2 rings (SSSR count). The number of nitrogens with one attached hydrogen (secondary N) is 1. The molecular weight excluding hydrogens is 220 g/mol. The van der Waals surface area contributed by atoms with Crippen molar-refractivity contribution in [1.29, 1.82) is 0 Å². The van der Waals surface area contributed by atoms with Crippen LogP contribution in [0, 0.1) is 0 Å². The Bertz CT molecular complexity index is 334. The Balaban J connectivity index is 2.35. The van der Waals surface area contributed by atoms with E-state index in [1.807, 2.05) is 0 Å². The van der Waals surface area contributed by atoms with Gasteiger partial charge in [-0.1, -0.05) is 0 Å². The van der Waals surface area contributed by atoms with Crippen LogP contribution in [-0.2, 0) is 9.59 Å². The summed E-state index contributed by atoms with van der Waals surface area (Å²) in [7, 11) is 0. The van der Waals surface area contributed by atoms with E-state index in [1.165, 1.54) is 0 Å². The lowest BCUT2D eigenvalue weighted by atomic mass is 9.92. The highest BCUT2D eigenvalue weighted by Gasteiger charge is 2.54. The molecule has 0 aromatic heterocycles. The second-order valence-corrected chi connectivity index (χ2v) is 3.85. The first-order valence-corrected chi connectivity index (χ1v) is 4.77. The molecule has 5 atom stereocenters. The molecule has 0 aromatic carbocycles. The molecule has 0 aromatic rings. The lowest BCUT2D eigenvalue weighted by Crippen LogP contribution is -2.68. The number of aliphatic hydroxyl groups excluding tert-OH is 4. The fourth-order valence-electron chi connectivity index (χ4n) is 2.09. The van der Waals surface area contributed by atoms with Crippen molar-refractivity contribution in [3.63, 3.8) is 0 Å². The van der Waals surface area contributed by atoms with Gasteiger partial charge in [-0.3, -0.25) is 9.59 Å². The van der Waals surface area contributed by atoms with Gasteiger partial charge in [0.2, 0.25) is 0 Å². The Labute approximate surface area is 90.1 Å². The van der Waals surface area contributed by atoms with Gasteiger partial charge in [-0.15, -0.1) is 0 Å². The lowest BCUT2D eigenvalue weighted by molar-refractivity contribution is -0.175. The van der Waals surface area contributed by atoms with Crippen molar-refractivity contribution < 1.29 is 30.0 Å². The van der Waals surface area contributed by atoms with Crippen LogP contribution in [0.3, 0.4) is 0 Å². The lowest BCUT2D eigenvalue weighted by Gasteiger charge is -2.44. The number of amides is 2. The molecule has 2 aliphatic rings. The molecule has 2 aliphatic heterocycles. The van der Waals surface area contributed by atoms with Crippen LogP contribution in [0.15, 0.2) is 0 Å². The van der Waals surface area contributed by atoms with Gasteiger partial charge in [0.05, 0.1) is 12.6 Å². The summed E-state index contributed by atoms with van der Waals surface area (Å²) in [4.78, 5) is 23.4. The van der Waals surface area contributed by atoms with Crippen LogP contribution in [0.25, 0.3) is 0 Å². The number of hydrogen-bond donors (Lipinski definition) is 5. The van der Waals surface area contributed by atoms with Crippen molar-refractivity contribution in [2.45, 2.75) is 30.5 Å². The van der Waals surface area contributed by atoms with E-state index < -0.39 is 48.9 Å². The molecule has 0 radical (unpaired) electrons. The molecule has 5 N–H and O–H groups in total. The number of carbonyl (C=O) groups excluding carboxylic acids is 2. The van der Waals surface area contributed by atoms with E-state index in [2.05, 4.69) is 5.32 Å². The fourth-order valence-corrected chi connectivity index (χ4v) is 2.09. The zero-order valence-electron chi connectivity index (χ0n) is 8.15. The van der Waals surface area contributed by atoms with E-state index in [-0.39, 0.29) is 0 Å². The monoisotopic (exact) mass is 232 g/mol. The summed E-state index contributed by atoms with van der Waals surface area (Å²) in [5.41, 5.74) is 0. The quantitative estimate of drug-likeness (QED) is 0.291. The number of rotatable bonds is 1. The largest absolute Gasteiger partial charge is 0.394 e. The highest BCUT2D eigenvalue weighted by molar-refractivity contribution is 6.37. The number of piperidine rings is 1. The summed E-state index contributed by atoms with van der Waals surface area (Å²) in [5, 5.41) is 39.8. The van der Waals surface area contributed by atoms with Crippen LogP contribution in [0.4, 0.5) is 0 Å². The minimum atomic E-state index is -1.52. The van der Waals surface area contributed by atoms with Gasteiger partial charge in [0, 0.05) is 0 Å². The van der Waals surface area contributed by atoms with Crippen LogP contribution in [0.5, 0.6) is 0 Å². The van der Waals surface area contributed by atoms with Gasteiger partial charge in [0.15, 0.2) is 0 Å². The molecule has 0 spiro atoms. The Morgan fingerprint density at radius 3 is 2.31 bits per heavy atom. The molecule has 8 heteroatoms. The summed E-state index contributed by atoms with van der Waals surface area (Å²) >= 11 is 0. The normalized spacial score (nSPS) is 43.2. The third-order valence-electron chi connectivity index (χ3n) is 2.97. The molecule has 2 amide bonds. The average molecular weight is 232 g/mol. The first-order chi connectivity index (χ1) is 7.49. The number of carbonyl (C=O) groups is 2. The zero-order chi connectivity index (χ0) is 12.0. The van der Waals surface area contributed by atoms with E-state index in [0.29, 0.717) is 0 Å². The molecule has 0 aliphatic carbocycles. The molecule has 16 heavy (non-hydrogen) atoms. The van der Waals surface area contributed by atoms with Crippen molar-refractivity contribution in [1.82, 2.24) is 10.2 Å². The number of nitrogens with zero attached hydrogens (tertiary/aromatic N) is 1. The minimum absolute atomic E-state index is 0.609. The van der Waals surface area contributed by atoms with Crippen molar-refractivity contribution in [2.75, 3.05) is 6.61 Å². The summed E-state index contributed by atoms with van der Waals surface area (Å²) in [5.74, 6) is -1.86. The van der Waals surface area contributed by atoms with Gasteiger partial charge < -0.3 is 30.6 Å². The van der Waals surface area contributed by atoms with Crippen molar-refractivity contribution in [3.8, 4) is 0 Å². The molecule has 2 saturated heterocycles. The maximum Gasteiger partial charge on any atom is 0.314 e. The van der Waals surface area contributed by atoms with E-state index in [9.17, 15) is 24.9 Å². The van der Waals surface area contributed by atoms with Gasteiger partial charge in [0.25, 0.3) is 0 Å². The van der Waals surface area contributed by atoms with Crippen molar-refractivity contribution in [2.24, 2.45) is 0 Å². The second-order valence-electron chi connectivity index (χ2n) is 3.85. The van der Waals surface area contributed by atoms with Crippen LogP contribution in [-0.4, -0.2) is 74.3 Å². The first kappa shape index (κ1) is 11.3. The Kier molecular flexibility index (Phi) is 2.58. The zero-order valence-corrected chi connectivity index (χ0v) is 8.15. The van der Waals surface area contributed by atoms with Gasteiger partial charge in [0.1, 0.15) is 24.5 Å². The molecule has 90 valence electrons.